The Hall–Kier alpha value is -1.05. The summed E-state index contributed by atoms with van der Waals surface area (Å²) in [5, 5.41) is 0. The van der Waals surface area contributed by atoms with E-state index < -0.39 is 0 Å². The van der Waals surface area contributed by atoms with Crippen molar-refractivity contribution < 1.29 is 4.57 Å². The molecule has 0 saturated heterocycles. The predicted molar refractivity (Wildman–Crippen MR) is 82.9 cm³/mol. The summed E-state index contributed by atoms with van der Waals surface area (Å²) in [6.45, 7) is 6.08. The molecule has 1 rings (SSSR count). The van der Waals surface area contributed by atoms with Gasteiger partial charge in [-0.2, -0.15) is 0 Å². The SMILES string of the molecule is C=C[n+]1cc[nH]c1CCCCCCCCCCCC. The lowest BCUT2D eigenvalue weighted by Gasteiger charge is -2.01. The fraction of sp³-hybridized carbons (Fsp3) is 0.706. The lowest BCUT2D eigenvalue weighted by atomic mass is 10.1. The van der Waals surface area contributed by atoms with E-state index in [0.717, 1.165) is 6.42 Å². The van der Waals surface area contributed by atoms with E-state index in [1.165, 1.54) is 70.0 Å². The van der Waals surface area contributed by atoms with Crippen LogP contribution in [0, 0.1) is 0 Å². The maximum Gasteiger partial charge on any atom is 0.258 e. The number of imidazole rings is 1. The molecule has 1 heterocycles. The van der Waals surface area contributed by atoms with Gasteiger partial charge in [-0.15, -0.1) is 0 Å². The molecule has 0 aliphatic rings. The second kappa shape index (κ2) is 10.8. The number of unbranched alkanes of at least 4 members (excludes halogenated alkanes) is 9. The lowest BCUT2D eigenvalue weighted by Crippen LogP contribution is -2.27. The normalized spacial score (nSPS) is 10.8. The minimum atomic E-state index is 1.13. The van der Waals surface area contributed by atoms with E-state index in [1.807, 2.05) is 18.6 Å². The molecule has 108 valence electrons. The Bertz CT molecular complexity index is 328. The highest BCUT2D eigenvalue weighted by Gasteiger charge is 2.06. The number of hydrogen-bond donors (Lipinski definition) is 1. The van der Waals surface area contributed by atoms with Gasteiger partial charge in [0.2, 0.25) is 0 Å². The molecule has 0 amide bonds. The molecule has 0 spiro atoms. The Labute approximate surface area is 118 Å². The average molecular weight is 263 g/mol. The Morgan fingerprint density at radius 1 is 1.00 bits per heavy atom. The predicted octanol–water partition coefficient (Wildman–Crippen LogP) is 4.87. The average Bonchev–Trinajstić information content (AvgIpc) is 2.88. The van der Waals surface area contributed by atoms with Gasteiger partial charge in [-0.3, -0.25) is 0 Å². The molecular formula is C17H31N2+. The maximum atomic E-state index is 3.81. The molecule has 0 bridgehead atoms. The van der Waals surface area contributed by atoms with E-state index in [0.29, 0.717) is 0 Å². The van der Waals surface area contributed by atoms with Crippen LogP contribution in [0.3, 0.4) is 0 Å². The van der Waals surface area contributed by atoms with Gasteiger partial charge in [-0.05, 0) is 6.42 Å². The monoisotopic (exact) mass is 263 g/mol. The minimum Gasteiger partial charge on any atom is -0.247 e. The number of aromatic nitrogens is 2. The van der Waals surface area contributed by atoms with Crippen LogP contribution < -0.4 is 4.57 Å². The number of H-pyrrole nitrogens is 1. The van der Waals surface area contributed by atoms with Crippen molar-refractivity contribution >= 4 is 6.20 Å². The van der Waals surface area contributed by atoms with Crippen LogP contribution in [0.5, 0.6) is 0 Å². The Balaban J connectivity index is 1.90. The minimum absolute atomic E-state index is 1.13. The van der Waals surface area contributed by atoms with E-state index >= 15 is 0 Å². The highest BCUT2D eigenvalue weighted by atomic mass is 15.0. The van der Waals surface area contributed by atoms with Gasteiger partial charge < -0.3 is 0 Å². The highest BCUT2D eigenvalue weighted by molar-refractivity contribution is 4.98. The molecule has 0 aromatic carbocycles. The summed E-state index contributed by atoms with van der Waals surface area (Å²) in [5.41, 5.74) is 0. The summed E-state index contributed by atoms with van der Waals surface area (Å²) in [7, 11) is 0. The van der Waals surface area contributed by atoms with Crippen molar-refractivity contribution in [3.8, 4) is 0 Å². The first-order valence-corrected chi connectivity index (χ1v) is 8.08. The summed E-state index contributed by atoms with van der Waals surface area (Å²) in [6.07, 6.45) is 21.0. The van der Waals surface area contributed by atoms with Crippen molar-refractivity contribution in [2.45, 2.75) is 77.6 Å². The fourth-order valence-corrected chi connectivity index (χ4v) is 2.53. The van der Waals surface area contributed by atoms with E-state index in [9.17, 15) is 0 Å². The molecule has 0 aliphatic carbocycles. The van der Waals surface area contributed by atoms with Gasteiger partial charge in [0.1, 0.15) is 12.4 Å². The zero-order chi connectivity index (χ0) is 13.8. The van der Waals surface area contributed by atoms with Crippen molar-refractivity contribution in [2.24, 2.45) is 0 Å². The molecule has 0 fully saturated rings. The number of aromatic amines is 1. The van der Waals surface area contributed by atoms with Crippen molar-refractivity contribution in [2.75, 3.05) is 0 Å². The first-order valence-electron chi connectivity index (χ1n) is 8.08. The Kier molecular flexibility index (Phi) is 9.13. The van der Waals surface area contributed by atoms with E-state index in [4.69, 9.17) is 0 Å². The summed E-state index contributed by atoms with van der Waals surface area (Å²) < 4.78 is 2.08. The third kappa shape index (κ3) is 7.19. The molecule has 0 unspecified atom stereocenters. The third-order valence-corrected chi connectivity index (χ3v) is 3.76. The second-order valence-electron chi connectivity index (χ2n) is 5.43. The standard InChI is InChI=1S/C17H30N2/c1-3-5-6-7-8-9-10-11-12-13-14-17-18-15-16-19(17)4-2/h4,15-16H,2-3,5-14H2,1H3/p+1. The summed E-state index contributed by atoms with van der Waals surface area (Å²) in [4.78, 5) is 3.28. The van der Waals surface area contributed by atoms with Crippen molar-refractivity contribution in [3.05, 3.63) is 24.8 Å². The number of rotatable bonds is 12. The third-order valence-electron chi connectivity index (χ3n) is 3.76. The van der Waals surface area contributed by atoms with Gasteiger partial charge in [0, 0.05) is 6.42 Å². The van der Waals surface area contributed by atoms with Crippen LogP contribution in [0.15, 0.2) is 19.0 Å². The quantitative estimate of drug-likeness (QED) is 0.410. The molecule has 2 heteroatoms. The Morgan fingerprint density at radius 2 is 1.58 bits per heavy atom. The zero-order valence-electron chi connectivity index (χ0n) is 12.7. The maximum absolute atomic E-state index is 3.81. The fourth-order valence-electron chi connectivity index (χ4n) is 2.53. The van der Waals surface area contributed by atoms with Gasteiger partial charge in [0.05, 0.1) is 6.20 Å². The molecule has 1 aromatic heterocycles. The van der Waals surface area contributed by atoms with Gasteiger partial charge in [-0.25, -0.2) is 9.55 Å². The van der Waals surface area contributed by atoms with E-state index in [-0.39, 0.29) is 0 Å². The van der Waals surface area contributed by atoms with Crippen molar-refractivity contribution in [1.82, 2.24) is 4.98 Å². The number of nitrogens with one attached hydrogen (secondary N) is 1. The van der Waals surface area contributed by atoms with Crippen LogP contribution in [0.2, 0.25) is 0 Å². The smallest absolute Gasteiger partial charge is 0.247 e. The number of aryl methyl sites for hydroxylation is 1. The van der Waals surface area contributed by atoms with Crippen LogP contribution in [-0.4, -0.2) is 4.98 Å². The first kappa shape index (κ1) is 16.0. The van der Waals surface area contributed by atoms with Crippen LogP contribution >= 0.6 is 0 Å². The van der Waals surface area contributed by atoms with Crippen LogP contribution in [-0.2, 0) is 6.42 Å². The second-order valence-corrected chi connectivity index (χ2v) is 5.43. The molecule has 1 N–H and O–H groups in total. The van der Waals surface area contributed by atoms with E-state index in [2.05, 4.69) is 23.1 Å². The largest absolute Gasteiger partial charge is 0.258 e. The molecular weight excluding hydrogens is 232 g/mol. The molecule has 2 nitrogen and oxygen atoms in total. The molecule has 0 saturated carbocycles. The molecule has 0 aliphatic heterocycles. The highest BCUT2D eigenvalue weighted by Crippen LogP contribution is 2.11. The van der Waals surface area contributed by atoms with E-state index in [1.54, 1.807) is 0 Å². The summed E-state index contributed by atoms with van der Waals surface area (Å²) in [6, 6.07) is 0. The van der Waals surface area contributed by atoms with Gasteiger partial charge in [0.25, 0.3) is 5.82 Å². The first-order chi connectivity index (χ1) is 9.38. The molecule has 1 aromatic rings. The summed E-state index contributed by atoms with van der Waals surface area (Å²) in [5.74, 6) is 1.27. The number of hydrogen-bond acceptors (Lipinski definition) is 0. The van der Waals surface area contributed by atoms with Crippen LogP contribution in [0.1, 0.15) is 77.0 Å². The molecule has 0 atom stereocenters. The molecule has 19 heavy (non-hydrogen) atoms. The van der Waals surface area contributed by atoms with Crippen molar-refractivity contribution in [1.29, 1.82) is 0 Å². The Morgan fingerprint density at radius 3 is 2.16 bits per heavy atom. The summed E-state index contributed by atoms with van der Waals surface area (Å²) >= 11 is 0. The zero-order valence-corrected chi connectivity index (χ0v) is 12.7. The van der Waals surface area contributed by atoms with Crippen molar-refractivity contribution in [3.63, 3.8) is 0 Å². The molecule has 0 radical (unpaired) electrons. The van der Waals surface area contributed by atoms with Crippen LogP contribution in [0.4, 0.5) is 0 Å². The van der Waals surface area contributed by atoms with Crippen LogP contribution in [0.25, 0.3) is 6.20 Å². The van der Waals surface area contributed by atoms with Gasteiger partial charge in [0.15, 0.2) is 0 Å². The topological polar surface area (TPSA) is 19.7 Å². The van der Waals surface area contributed by atoms with Gasteiger partial charge >= 0.3 is 0 Å². The number of nitrogens with zero attached hydrogens (tertiary/aromatic N) is 1. The van der Waals surface area contributed by atoms with Gasteiger partial charge in [-0.1, -0.05) is 71.3 Å². The lowest BCUT2D eigenvalue weighted by molar-refractivity contribution is -0.575.